The fourth-order valence-corrected chi connectivity index (χ4v) is 3.80. The van der Waals surface area contributed by atoms with E-state index in [1.165, 1.54) is 43.9 Å². The SMILES string of the molecule is O=C(CSc1n[nH]c(CCC2CCCC2)n1)NCCOc1ccccc1. The van der Waals surface area contributed by atoms with Gasteiger partial charge < -0.3 is 10.1 Å². The van der Waals surface area contributed by atoms with E-state index in [4.69, 9.17) is 4.74 Å². The Morgan fingerprint density at radius 2 is 2.08 bits per heavy atom. The lowest BCUT2D eigenvalue weighted by Gasteiger charge is -2.07. The van der Waals surface area contributed by atoms with Gasteiger partial charge in [0, 0.05) is 6.42 Å². The second-order valence-electron chi connectivity index (χ2n) is 6.55. The van der Waals surface area contributed by atoms with Crippen LogP contribution in [0.4, 0.5) is 0 Å². The maximum absolute atomic E-state index is 11.9. The van der Waals surface area contributed by atoms with Gasteiger partial charge in [0.1, 0.15) is 18.2 Å². The summed E-state index contributed by atoms with van der Waals surface area (Å²) >= 11 is 1.36. The normalized spacial score (nSPS) is 14.5. The van der Waals surface area contributed by atoms with Crippen molar-refractivity contribution >= 4 is 17.7 Å². The summed E-state index contributed by atoms with van der Waals surface area (Å²) in [6.45, 7) is 0.932. The number of rotatable bonds is 10. The highest BCUT2D eigenvalue weighted by Gasteiger charge is 2.15. The molecule has 0 aliphatic heterocycles. The molecule has 1 saturated carbocycles. The second kappa shape index (κ2) is 10.2. The summed E-state index contributed by atoms with van der Waals surface area (Å²) in [7, 11) is 0. The van der Waals surface area contributed by atoms with E-state index < -0.39 is 0 Å². The summed E-state index contributed by atoms with van der Waals surface area (Å²) in [5.74, 6) is 2.85. The minimum Gasteiger partial charge on any atom is -0.492 e. The molecule has 1 aliphatic carbocycles. The molecule has 1 amide bonds. The number of nitrogens with zero attached hydrogens (tertiary/aromatic N) is 2. The van der Waals surface area contributed by atoms with Gasteiger partial charge in [0.05, 0.1) is 12.3 Å². The smallest absolute Gasteiger partial charge is 0.230 e. The van der Waals surface area contributed by atoms with Crippen LogP contribution in [0.25, 0.3) is 0 Å². The third-order valence-electron chi connectivity index (χ3n) is 4.54. The zero-order chi connectivity index (χ0) is 18.0. The van der Waals surface area contributed by atoms with Crippen molar-refractivity contribution in [3.63, 3.8) is 0 Å². The highest BCUT2D eigenvalue weighted by Crippen LogP contribution is 2.28. The van der Waals surface area contributed by atoms with Crippen molar-refractivity contribution < 1.29 is 9.53 Å². The highest BCUT2D eigenvalue weighted by molar-refractivity contribution is 7.99. The van der Waals surface area contributed by atoms with Gasteiger partial charge in [-0.2, -0.15) is 0 Å². The summed E-state index contributed by atoms with van der Waals surface area (Å²) in [6.07, 6.45) is 7.57. The Labute approximate surface area is 158 Å². The molecule has 0 spiro atoms. The molecule has 3 rings (SSSR count). The molecule has 1 aromatic carbocycles. The first-order valence-corrected chi connectivity index (χ1v) is 10.3. The quantitative estimate of drug-likeness (QED) is 0.493. The zero-order valence-electron chi connectivity index (χ0n) is 14.9. The third kappa shape index (κ3) is 6.37. The number of H-pyrrole nitrogens is 1. The first-order valence-electron chi connectivity index (χ1n) is 9.28. The number of hydrogen-bond donors (Lipinski definition) is 2. The summed E-state index contributed by atoms with van der Waals surface area (Å²) in [6, 6.07) is 9.57. The lowest BCUT2D eigenvalue weighted by atomic mass is 10.0. The molecule has 6 nitrogen and oxygen atoms in total. The van der Waals surface area contributed by atoms with Crippen LogP contribution >= 0.6 is 11.8 Å². The fraction of sp³-hybridized carbons (Fsp3) is 0.526. The van der Waals surface area contributed by atoms with E-state index in [-0.39, 0.29) is 5.91 Å². The first-order chi connectivity index (χ1) is 12.8. The van der Waals surface area contributed by atoms with E-state index in [9.17, 15) is 4.79 Å². The Balaban J connectivity index is 1.28. The van der Waals surface area contributed by atoms with Gasteiger partial charge >= 0.3 is 0 Å². The maximum atomic E-state index is 11.9. The van der Waals surface area contributed by atoms with Crippen LogP contribution in [0, 0.1) is 5.92 Å². The molecular formula is C19H26N4O2S. The molecule has 140 valence electrons. The van der Waals surface area contributed by atoms with Crippen molar-refractivity contribution in [2.24, 2.45) is 5.92 Å². The minimum atomic E-state index is -0.0380. The van der Waals surface area contributed by atoms with Crippen LogP contribution in [0.3, 0.4) is 0 Å². The minimum absolute atomic E-state index is 0.0380. The lowest BCUT2D eigenvalue weighted by molar-refractivity contribution is -0.118. The predicted octanol–water partition coefficient (Wildman–Crippen LogP) is 3.21. The average Bonchev–Trinajstić information content (AvgIpc) is 3.34. The van der Waals surface area contributed by atoms with E-state index in [0.717, 1.165) is 23.9 Å². The number of carbonyl (C=O) groups excluding carboxylic acids is 1. The molecule has 1 fully saturated rings. The van der Waals surface area contributed by atoms with E-state index in [1.54, 1.807) is 0 Å². The van der Waals surface area contributed by atoms with Crippen molar-refractivity contribution in [3.8, 4) is 5.75 Å². The molecule has 0 atom stereocenters. The lowest BCUT2D eigenvalue weighted by Crippen LogP contribution is -2.29. The van der Waals surface area contributed by atoms with Gasteiger partial charge in [0.15, 0.2) is 0 Å². The maximum Gasteiger partial charge on any atom is 0.230 e. The monoisotopic (exact) mass is 374 g/mol. The zero-order valence-corrected chi connectivity index (χ0v) is 15.8. The van der Waals surface area contributed by atoms with Crippen molar-refractivity contribution in [1.82, 2.24) is 20.5 Å². The summed E-state index contributed by atoms with van der Waals surface area (Å²) in [5, 5.41) is 10.7. The number of para-hydroxylation sites is 1. The van der Waals surface area contributed by atoms with E-state index >= 15 is 0 Å². The van der Waals surface area contributed by atoms with Gasteiger partial charge in [-0.25, -0.2) is 4.98 Å². The predicted molar refractivity (Wildman–Crippen MR) is 102 cm³/mol. The molecule has 26 heavy (non-hydrogen) atoms. The Bertz CT molecular complexity index is 671. The average molecular weight is 375 g/mol. The van der Waals surface area contributed by atoms with Gasteiger partial charge in [0.25, 0.3) is 0 Å². The number of thioether (sulfide) groups is 1. The van der Waals surface area contributed by atoms with Crippen molar-refractivity contribution in [2.75, 3.05) is 18.9 Å². The Hall–Kier alpha value is -2.02. The van der Waals surface area contributed by atoms with Crippen molar-refractivity contribution in [2.45, 2.75) is 43.7 Å². The van der Waals surface area contributed by atoms with Gasteiger partial charge in [0.2, 0.25) is 11.1 Å². The molecule has 0 unspecified atom stereocenters. The van der Waals surface area contributed by atoms with E-state index in [2.05, 4.69) is 20.5 Å². The summed E-state index contributed by atoms with van der Waals surface area (Å²) < 4.78 is 5.54. The molecule has 1 aromatic heterocycles. The summed E-state index contributed by atoms with van der Waals surface area (Å²) in [4.78, 5) is 16.4. The molecular weight excluding hydrogens is 348 g/mol. The molecule has 2 aromatic rings. The topological polar surface area (TPSA) is 79.9 Å². The highest BCUT2D eigenvalue weighted by atomic mass is 32.2. The van der Waals surface area contributed by atoms with Gasteiger partial charge in [-0.15, -0.1) is 5.10 Å². The molecule has 0 radical (unpaired) electrons. The van der Waals surface area contributed by atoms with Crippen LogP contribution in [-0.4, -0.2) is 40.0 Å². The van der Waals surface area contributed by atoms with Crippen LogP contribution < -0.4 is 10.1 Å². The Morgan fingerprint density at radius 3 is 2.88 bits per heavy atom. The molecule has 1 heterocycles. The van der Waals surface area contributed by atoms with Gasteiger partial charge in [-0.3, -0.25) is 9.89 Å². The number of ether oxygens (including phenoxy) is 1. The molecule has 7 heteroatoms. The largest absolute Gasteiger partial charge is 0.492 e. The molecule has 2 N–H and O–H groups in total. The summed E-state index contributed by atoms with van der Waals surface area (Å²) in [5.41, 5.74) is 0. The second-order valence-corrected chi connectivity index (χ2v) is 7.50. The fourth-order valence-electron chi connectivity index (χ4n) is 3.15. The van der Waals surface area contributed by atoms with Crippen LogP contribution in [0.5, 0.6) is 5.75 Å². The first kappa shape index (κ1) is 18.8. The van der Waals surface area contributed by atoms with Crippen molar-refractivity contribution in [3.05, 3.63) is 36.2 Å². The Morgan fingerprint density at radius 1 is 1.27 bits per heavy atom. The van der Waals surface area contributed by atoms with E-state index in [1.807, 2.05) is 30.3 Å². The third-order valence-corrected chi connectivity index (χ3v) is 5.39. The molecule has 1 aliphatic rings. The van der Waals surface area contributed by atoms with Crippen molar-refractivity contribution in [1.29, 1.82) is 0 Å². The number of carbonyl (C=O) groups is 1. The number of nitrogens with one attached hydrogen (secondary N) is 2. The van der Waals surface area contributed by atoms with Gasteiger partial charge in [-0.1, -0.05) is 55.6 Å². The van der Waals surface area contributed by atoms with Crippen LogP contribution in [0.1, 0.15) is 37.9 Å². The van der Waals surface area contributed by atoms with Crippen LogP contribution in [0.15, 0.2) is 35.5 Å². The van der Waals surface area contributed by atoms with E-state index in [0.29, 0.717) is 24.1 Å². The Kier molecular flexibility index (Phi) is 7.37. The van der Waals surface area contributed by atoms with Gasteiger partial charge in [-0.05, 0) is 24.5 Å². The molecule has 0 saturated heterocycles. The molecule has 0 bridgehead atoms. The number of aryl methyl sites for hydroxylation is 1. The standard InChI is InChI=1S/C19H26N4O2S/c24-18(20-12-13-25-16-8-2-1-3-9-16)14-26-19-21-17(22-23-19)11-10-15-6-4-5-7-15/h1-3,8-9,15H,4-7,10-14H2,(H,20,24)(H,21,22,23). The number of amides is 1. The van der Waals surface area contributed by atoms with Crippen LogP contribution in [-0.2, 0) is 11.2 Å². The number of hydrogen-bond acceptors (Lipinski definition) is 5. The number of aromatic nitrogens is 3. The van der Waals surface area contributed by atoms with Crippen LogP contribution in [0.2, 0.25) is 0 Å². The number of aromatic amines is 1. The number of benzene rings is 1.